The van der Waals surface area contributed by atoms with Gasteiger partial charge in [-0.1, -0.05) is 48.5 Å². The van der Waals surface area contributed by atoms with Gasteiger partial charge in [-0.3, -0.25) is 5.43 Å². The number of alkyl halides is 3. The molecule has 0 fully saturated rings. The fourth-order valence-corrected chi connectivity index (χ4v) is 2.46. The second-order valence-electron chi connectivity index (χ2n) is 5.22. The zero-order valence-corrected chi connectivity index (χ0v) is 12.4. The SMILES string of the molecule is Cc1ccc2ccccc2c1N[N]c1ccccc1C(F)(F)F. The molecule has 0 amide bonds. The van der Waals surface area contributed by atoms with E-state index in [0.29, 0.717) is 5.69 Å². The van der Waals surface area contributed by atoms with Crippen LogP contribution in [0.2, 0.25) is 0 Å². The van der Waals surface area contributed by atoms with Gasteiger partial charge in [-0.25, -0.2) is 0 Å². The highest BCUT2D eigenvalue weighted by molar-refractivity contribution is 5.95. The van der Waals surface area contributed by atoms with Crippen molar-refractivity contribution in [2.75, 3.05) is 5.43 Å². The van der Waals surface area contributed by atoms with E-state index in [-0.39, 0.29) is 5.69 Å². The standard InChI is InChI=1S/C18H14F3N2/c1-12-10-11-13-6-2-3-7-14(13)17(12)23-22-16-9-5-4-8-15(16)18(19,20)21/h2-11,23H,1H3. The summed E-state index contributed by atoms with van der Waals surface area (Å²) in [4.78, 5) is 0. The molecule has 23 heavy (non-hydrogen) atoms. The van der Waals surface area contributed by atoms with Gasteiger partial charge in [0.15, 0.2) is 0 Å². The minimum absolute atomic E-state index is 0.132. The second kappa shape index (κ2) is 5.83. The summed E-state index contributed by atoms with van der Waals surface area (Å²) in [6.07, 6.45) is -4.43. The summed E-state index contributed by atoms with van der Waals surface area (Å²) in [5, 5.41) is 1.92. The number of aryl methyl sites for hydroxylation is 1. The molecule has 3 rings (SSSR count). The van der Waals surface area contributed by atoms with Crippen molar-refractivity contribution >= 4 is 22.1 Å². The fourth-order valence-electron chi connectivity index (χ4n) is 2.46. The van der Waals surface area contributed by atoms with Gasteiger partial charge in [-0.2, -0.15) is 18.6 Å². The third kappa shape index (κ3) is 3.08. The Morgan fingerprint density at radius 1 is 0.870 bits per heavy atom. The van der Waals surface area contributed by atoms with Gasteiger partial charge in [-0.15, -0.1) is 0 Å². The Kier molecular flexibility index (Phi) is 3.86. The van der Waals surface area contributed by atoms with Crippen molar-refractivity contribution in [1.29, 1.82) is 0 Å². The molecule has 5 heteroatoms. The van der Waals surface area contributed by atoms with Crippen LogP contribution in [-0.4, -0.2) is 0 Å². The molecule has 0 aromatic heterocycles. The molecule has 3 aromatic rings. The molecule has 0 aliphatic heterocycles. The van der Waals surface area contributed by atoms with Gasteiger partial charge in [0.2, 0.25) is 0 Å². The predicted molar refractivity (Wildman–Crippen MR) is 85.5 cm³/mol. The normalized spacial score (nSPS) is 11.5. The van der Waals surface area contributed by atoms with Gasteiger partial charge in [0.25, 0.3) is 0 Å². The number of nitrogens with one attached hydrogen (secondary N) is 1. The van der Waals surface area contributed by atoms with E-state index in [4.69, 9.17) is 0 Å². The molecule has 117 valence electrons. The molecule has 2 nitrogen and oxygen atoms in total. The maximum atomic E-state index is 13.0. The molecule has 0 heterocycles. The van der Waals surface area contributed by atoms with E-state index in [1.54, 1.807) is 0 Å². The molecule has 3 aromatic carbocycles. The quantitative estimate of drug-likeness (QED) is 0.641. The predicted octanol–water partition coefficient (Wildman–Crippen LogP) is 5.43. The lowest BCUT2D eigenvalue weighted by atomic mass is 10.1. The fraction of sp³-hybridized carbons (Fsp3) is 0.111. The van der Waals surface area contributed by atoms with E-state index < -0.39 is 11.7 Å². The number of hydrogen-bond acceptors (Lipinski definition) is 1. The highest BCUT2D eigenvalue weighted by atomic mass is 19.4. The van der Waals surface area contributed by atoms with Crippen LogP contribution in [0, 0.1) is 6.92 Å². The number of fused-ring (bicyclic) bond motifs is 1. The molecule has 0 atom stereocenters. The van der Waals surface area contributed by atoms with Gasteiger partial charge in [0, 0.05) is 5.39 Å². The molecule has 0 spiro atoms. The van der Waals surface area contributed by atoms with Gasteiger partial charge in [0.1, 0.15) is 0 Å². The molecule has 0 unspecified atom stereocenters. The number of anilines is 1. The molecule has 0 saturated carbocycles. The zero-order valence-electron chi connectivity index (χ0n) is 12.4. The Morgan fingerprint density at radius 2 is 1.57 bits per heavy atom. The summed E-state index contributed by atoms with van der Waals surface area (Å²) in [5.74, 6) is 0. The number of nitrogens with zero attached hydrogens (tertiary/aromatic N) is 1. The second-order valence-corrected chi connectivity index (χ2v) is 5.22. The van der Waals surface area contributed by atoms with Crippen LogP contribution in [-0.2, 0) is 6.18 Å². The summed E-state index contributed by atoms with van der Waals surface area (Å²) in [6.45, 7) is 1.89. The summed E-state index contributed by atoms with van der Waals surface area (Å²) in [6, 6.07) is 16.8. The van der Waals surface area contributed by atoms with Crippen molar-refractivity contribution < 1.29 is 13.2 Å². The monoisotopic (exact) mass is 315 g/mol. The topological polar surface area (TPSA) is 26.1 Å². The van der Waals surface area contributed by atoms with Crippen LogP contribution >= 0.6 is 0 Å². The van der Waals surface area contributed by atoms with Crippen LogP contribution in [0.25, 0.3) is 10.8 Å². The Morgan fingerprint density at radius 3 is 2.35 bits per heavy atom. The lowest BCUT2D eigenvalue weighted by molar-refractivity contribution is -0.137. The Hall–Kier alpha value is -2.69. The van der Waals surface area contributed by atoms with E-state index in [1.807, 2.05) is 43.3 Å². The number of benzene rings is 3. The lowest BCUT2D eigenvalue weighted by Crippen LogP contribution is -2.14. The third-order valence-corrected chi connectivity index (χ3v) is 3.63. The minimum Gasteiger partial charge on any atom is -0.277 e. The Bertz CT molecular complexity index is 841. The average Bonchev–Trinajstić information content (AvgIpc) is 2.53. The van der Waals surface area contributed by atoms with E-state index >= 15 is 0 Å². The molecule has 0 saturated heterocycles. The number of rotatable bonds is 3. The van der Waals surface area contributed by atoms with Crippen LogP contribution in [0.15, 0.2) is 60.7 Å². The van der Waals surface area contributed by atoms with Crippen LogP contribution in [0.4, 0.5) is 24.5 Å². The summed E-state index contributed by atoms with van der Waals surface area (Å²) in [7, 11) is 0. The average molecular weight is 315 g/mol. The lowest BCUT2D eigenvalue weighted by Gasteiger charge is -2.15. The summed E-state index contributed by atoms with van der Waals surface area (Å²) >= 11 is 0. The Labute approximate surface area is 131 Å². The molecule has 0 aliphatic rings. The van der Waals surface area contributed by atoms with Crippen LogP contribution in [0.3, 0.4) is 0 Å². The molecule has 0 bridgehead atoms. The molecule has 0 aliphatic carbocycles. The highest BCUT2D eigenvalue weighted by Gasteiger charge is 2.33. The first kappa shape index (κ1) is 15.2. The highest BCUT2D eigenvalue weighted by Crippen LogP contribution is 2.35. The van der Waals surface area contributed by atoms with Gasteiger partial charge >= 0.3 is 6.18 Å². The third-order valence-electron chi connectivity index (χ3n) is 3.63. The molecule has 1 radical (unpaired) electrons. The molecule has 1 N–H and O–H groups in total. The van der Waals surface area contributed by atoms with Crippen LogP contribution < -0.4 is 10.9 Å². The first-order valence-electron chi connectivity index (χ1n) is 7.08. The summed E-state index contributed by atoms with van der Waals surface area (Å²) < 4.78 is 39.1. The largest absolute Gasteiger partial charge is 0.418 e. The van der Waals surface area contributed by atoms with Crippen molar-refractivity contribution in [1.82, 2.24) is 5.43 Å². The van der Waals surface area contributed by atoms with E-state index in [0.717, 1.165) is 22.4 Å². The smallest absolute Gasteiger partial charge is 0.277 e. The number of para-hydroxylation sites is 1. The van der Waals surface area contributed by atoms with Crippen molar-refractivity contribution in [3.63, 3.8) is 0 Å². The number of halogens is 3. The number of hydrogen-bond donors (Lipinski definition) is 1. The van der Waals surface area contributed by atoms with Gasteiger partial charge in [-0.05, 0) is 30.0 Å². The van der Waals surface area contributed by atoms with E-state index in [2.05, 4.69) is 10.9 Å². The van der Waals surface area contributed by atoms with Crippen molar-refractivity contribution in [2.24, 2.45) is 0 Å². The van der Waals surface area contributed by atoms with Gasteiger partial charge in [0.05, 0.1) is 16.9 Å². The maximum absolute atomic E-state index is 13.0. The summed E-state index contributed by atoms with van der Waals surface area (Å²) in [5.41, 5.74) is 7.52. The van der Waals surface area contributed by atoms with E-state index in [1.165, 1.54) is 18.2 Å². The maximum Gasteiger partial charge on any atom is 0.418 e. The van der Waals surface area contributed by atoms with Crippen LogP contribution in [0.5, 0.6) is 0 Å². The van der Waals surface area contributed by atoms with Gasteiger partial charge < -0.3 is 0 Å². The minimum atomic E-state index is -4.43. The van der Waals surface area contributed by atoms with Crippen LogP contribution in [0.1, 0.15) is 11.1 Å². The van der Waals surface area contributed by atoms with E-state index in [9.17, 15) is 13.2 Å². The first-order chi connectivity index (χ1) is 11.0. The first-order valence-corrected chi connectivity index (χ1v) is 7.08. The Balaban J connectivity index is 1.95. The van der Waals surface area contributed by atoms with Crippen molar-refractivity contribution in [2.45, 2.75) is 13.1 Å². The molecular formula is C18H14F3N2. The zero-order chi connectivity index (χ0) is 16.4. The molecular weight excluding hydrogens is 301 g/mol. The van der Waals surface area contributed by atoms with Crippen molar-refractivity contribution in [3.05, 3.63) is 71.8 Å². The van der Waals surface area contributed by atoms with Crippen molar-refractivity contribution in [3.8, 4) is 0 Å².